The highest BCUT2D eigenvalue weighted by molar-refractivity contribution is 5.30. The predicted octanol–water partition coefficient (Wildman–Crippen LogP) is 1.31. The third-order valence-electron chi connectivity index (χ3n) is 4.00. The van der Waals surface area contributed by atoms with E-state index < -0.39 is 0 Å². The van der Waals surface area contributed by atoms with Crippen molar-refractivity contribution in [2.45, 2.75) is 39.3 Å². The van der Waals surface area contributed by atoms with Crippen LogP contribution in [0, 0.1) is 6.92 Å². The summed E-state index contributed by atoms with van der Waals surface area (Å²) in [5.41, 5.74) is 2.23. The van der Waals surface area contributed by atoms with E-state index in [2.05, 4.69) is 22.2 Å². The maximum absolute atomic E-state index is 5.43. The van der Waals surface area contributed by atoms with Crippen LogP contribution in [0.3, 0.4) is 0 Å². The summed E-state index contributed by atoms with van der Waals surface area (Å²) in [4.78, 5) is 2.51. The number of likely N-dealkylation sites (tertiary alicyclic amines) is 1. The van der Waals surface area contributed by atoms with Crippen LogP contribution in [0.15, 0.2) is 0 Å². The van der Waals surface area contributed by atoms with Crippen LogP contribution in [-0.2, 0) is 13.6 Å². The summed E-state index contributed by atoms with van der Waals surface area (Å²) >= 11 is 0. The van der Waals surface area contributed by atoms with Crippen molar-refractivity contribution >= 4 is 0 Å². The fourth-order valence-electron chi connectivity index (χ4n) is 2.90. The highest BCUT2D eigenvalue weighted by atomic mass is 16.5. The molecule has 5 heteroatoms. The number of ether oxygens (including phenoxy) is 1. The first kappa shape index (κ1) is 14.3. The van der Waals surface area contributed by atoms with Crippen LogP contribution in [0.25, 0.3) is 0 Å². The second-order valence-corrected chi connectivity index (χ2v) is 5.31. The highest BCUT2D eigenvalue weighted by Crippen LogP contribution is 2.21. The van der Waals surface area contributed by atoms with Crippen LogP contribution in [0.4, 0.5) is 0 Å². The minimum atomic E-state index is 0.581. The maximum Gasteiger partial charge on any atom is 0.216 e. The predicted molar refractivity (Wildman–Crippen MR) is 76.5 cm³/mol. The lowest BCUT2D eigenvalue weighted by atomic mass is 10.1. The van der Waals surface area contributed by atoms with Crippen LogP contribution in [0.1, 0.15) is 31.0 Å². The van der Waals surface area contributed by atoms with Gasteiger partial charge in [0.05, 0.1) is 18.4 Å². The molecule has 1 fully saturated rings. The molecular formula is C14H26N4O. The van der Waals surface area contributed by atoms with Crippen LogP contribution >= 0.6 is 0 Å². The molecule has 1 aliphatic rings. The number of likely N-dealkylation sites (N-methyl/N-ethyl adjacent to an activating group) is 1. The Morgan fingerprint density at radius 3 is 2.95 bits per heavy atom. The molecule has 0 aromatic carbocycles. The molecule has 1 aromatic rings. The smallest absolute Gasteiger partial charge is 0.216 e. The molecule has 0 saturated carbocycles. The van der Waals surface area contributed by atoms with Crippen LogP contribution < -0.4 is 10.1 Å². The van der Waals surface area contributed by atoms with Gasteiger partial charge in [-0.2, -0.15) is 5.10 Å². The van der Waals surface area contributed by atoms with Crippen molar-refractivity contribution in [2.24, 2.45) is 7.05 Å². The van der Waals surface area contributed by atoms with Gasteiger partial charge in [0.15, 0.2) is 0 Å². The SMILES string of the molecule is CCN1CCCC(NCc2c(C)nn(C)c2OC)C1. The second kappa shape index (κ2) is 6.39. The number of aromatic nitrogens is 2. The lowest BCUT2D eigenvalue weighted by molar-refractivity contribution is 0.198. The van der Waals surface area contributed by atoms with Gasteiger partial charge in [-0.25, -0.2) is 4.68 Å². The number of rotatable bonds is 5. The minimum Gasteiger partial charge on any atom is -0.481 e. The third-order valence-corrected chi connectivity index (χ3v) is 4.00. The minimum absolute atomic E-state index is 0.581. The molecule has 108 valence electrons. The molecule has 0 bridgehead atoms. The van der Waals surface area contributed by atoms with Crippen molar-refractivity contribution in [3.05, 3.63) is 11.3 Å². The molecule has 0 radical (unpaired) electrons. The van der Waals surface area contributed by atoms with Gasteiger partial charge in [0.25, 0.3) is 0 Å². The summed E-state index contributed by atoms with van der Waals surface area (Å²) < 4.78 is 7.24. The average molecular weight is 266 g/mol. The number of hydrogen-bond donors (Lipinski definition) is 1. The van der Waals surface area contributed by atoms with Crippen LogP contribution in [-0.4, -0.2) is 47.5 Å². The molecule has 2 rings (SSSR count). The summed E-state index contributed by atoms with van der Waals surface area (Å²) in [6.45, 7) is 8.65. The quantitative estimate of drug-likeness (QED) is 0.872. The van der Waals surface area contributed by atoms with E-state index in [0.717, 1.165) is 31.2 Å². The summed E-state index contributed by atoms with van der Waals surface area (Å²) in [6.07, 6.45) is 2.55. The van der Waals surface area contributed by atoms with Crippen molar-refractivity contribution in [3.8, 4) is 5.88 Å². The van der Waals surface area contributed by atoms with Gasteiger partial charge < -0.3 is 15.0 Å². The molecule has 0 spiro atoms. The van der Waals surface area contributed by atoms with Crippen molar-refractivity contribution in [1.29, 1.82) is 0 Å². The Hall–Kier alpha value is -1.07. The molecule has 0 amide bonds. The summed E-state index contributed by atoms with van der Waals surface area (Å²) in [6, 6.07) is 0.581. The lowest BCUT2D eigenvalue weighted by Crippen LogP contribution is -2.45. The monoisotopic (exact) mass is 266 g/mol. The van der Waals surface area contributed by atoms with Gasteiger partial charge >= 0.3 is 0 Å². The van der Waals surface area contributed by atoms with Crippen molar-refractivity contribution in [2.75, 3.05) is 26.7 Å². The van der Waals surface area contributed by atoms with Gasteiger partial charge in [-0.15, -0.1) is 0 Å². The van der Waals surface area contributed by atoms with E-state index in [9.17, 15) is 0 Å². The normalized spacial score (nSPS) is 20.7. The zero-order chi connectivity index (χ0) is 13.8. The summed E-state index contributed by atoms with van der Waals surface area (Å²) in [5, 5.41) is 8.07. The molecule has 1 N–H and O–H groups in total. The Morgan fingerprint density at radius 1 is 1.47 bits per heavy atom. The average Bonchev–Trinajstić information content (AvgIpc) is 2.70. The van der Waals surface area contributed by atoms with E-state index in [-0.39, 0.29) is 0 Å². The van der Waals surface area contributed by atoms with Crippen molar-refractivity contribution in [1.82, 2.24) is 20.0 Å². The van der Waals surface area contributed by atoms with E-state index >= 15 is 0 Å². The van der Waals surface area contributed by atoms with Crippen molar-refractivity contribution < 1.29 is 4.74 Å². The molecule has 1 atom stereocenters. The Kier molecular flexibility index (Phi) is 4.82. The number of aryl methyl sites for hydroxylation is 2. The second-order valence-electron chi connectivity index (χ2n) is 5.31. The van der Waals surface area contributed by atoms with Gasteiger partial charge in [-0.1, -0.05) is 6.92 Å². The third kappa shape index (κ3) is 3.28. The standard InChI is InChI=1S/C14H26N4O/c1-5-18-8-6-7-12(10-18)15-9-13-11(2)16-17(3)14(13)19-4/h12,15H,5-10H2,1-4H3. The Labute approximate surface area is 115 Å². The van der Waals surface area contributed by atoms with E-state index in [4.69, 9.17) is 4.74 Å². The molecule has 1 aromatic heterocycles. The number of hydrogen-bond acceptors (Lipinski definition) is 4. The number of nitrogens with one attached hydrogen (secondary N) is 1. The number of methoxy groups -OCH3 is 1. The van der Waals surface area contributed by atoms with E-state index in [0.29, 0.717) is 6.04 Å². The molecule has 19 heavy (non-hydrogen) atoms. The molecular weight excluding hydrogens is 240 g/mol. The van der Waals surface area contributed by atoms with Crippen LogP contribution in [0.2, 0.25) is 0 Å². The Bertz CT molecular complexity index is 416. The van der Waals surface area contributed by atoms with Gasteiger partial charge in [-0.05, 0) is 32.9 Å². The fraction of sp³-hybridized carbons (Fsp3) is 0.786. The molecule has 1 unspecified atom stereocenters. The van der Waals surface area contributed by atoms with Gasteiger partial charge in [0.2, 0.25) is 5.88 Å². The molecule has 0 aliphatic carbocycles. The summed E-state index contributed by atoms with van der Waals surface area (Å²) in [7, 11) is 3.63. The summed E-state index contributed by atoms with van der Waals surface area (Å²) in [5.74, 6) is 0.869. The number of piperidine rings is 1. The zero-order valence-corrected chi connectivity index (χ0v) is 12.6. The molecule has 5 nitrogen and oxygen atoms in total. The van der Waals surface area contributed by atoms with Crippen LogP contribution in [0.5, 0.6) is 5.88 Å². The van der Waals surface area contributed by atoms with Gasteiger partial charge in [-0.3, -0.25) is 0 Å². The van der Waals surface area contributed by atoms with E-state index in [1.165, 1.54) is 24.9 Å². The van der Waals surface area contributed by atoms with Gasteiger partial charge in [0, 0.05) is 26.2 Å². The first-order valence-corrected chi connectivity index (χ1v) is 7.17. The zero-order valence-electron chi connectivity index (χ0n) is 12.6. The fourth-order valence-corrected chi connectivity index (χ4v) is 2.90. The Morgan fingerprint density at radius 2 is 2.26 bits per heavy atom. The molecule has 2 heterocycles. The van der Waals surface area contributed by atoms with Crippen molar-refractivity contribution in [3.63, 3.8) is 0 Å². The topological polar surface area (TPSA) is 42.3 Å². The Balaban J connectivity index is 1.95. The molecule has 1 aliphatic heterocycles. The van der Waals surface area contributed by atoms with E-state index in [1.54, 1.807) is 7.11 Å². The largest absolute Gasteiger partial charge is 0.481 e. The molecule has 1 saturated heterocycles. The maximum atomic E-state index is 5.43. The van der Waals surface area contributed by atoms with E-state index in [1.807, 2.05) is 18.7 Å². The first-order valence-electron chi connectivity index (χ1n) is 7.17. The lowest BCUT2D eigenvalue weighted by Gasteiger charge is -2.32. The number of nitrogens with zero attached hydrogens (tertiary/aromatic N) is 3. The van der Waals surface area contributed by atoms with Gasteiger partial charge in [0.1, 0.15) is 0 Å². The highest BCUT2D eigenvalue weighted by Gasteiger charge is 2.20. The first-order chi connectivity index (χ1) is 9.15.